The summed E-state index contributed by atoms with van der Waals surface area (Å²) in [6, 6.07) is 11.2. The number of ether oxygens (including phenoxy) is 2. The third-order valence-electron chi connectivity index (χ3n) is 4.86. The van der Waals surface area contributed by atoms with Gasteiger partial charge in [0.25, 0.3) is 0 Å². The summed E-state index contributed by atoms with van der Waals surface area (Å²) < 4.78 is 16.8. The highest BCUT2D eigenvalue weighted by atomic mass is 28.4. The van der Waals surface area contributed by atoms with E-state index in [-0.39, 0.29) is 0 Å². The van der Waals surface area contributed by atoms with Gasteiger partial charge in [-0.25, -0.2) is 0 Å². The van der Waals surface area contributed by atoms with Gasteiger partial charge < -0.3 is 13.9 Å². The van der Waals surface area contributed by atoms with Gasteiger partial charge >= 0.3 is 0 Å². The fourth-order valence-electron chi connectivity index (χ4n) is 2.93. The number of rotatable bonds is 17. The van der Waals surface area contributed by atoms with Gasteiger partial charge in [-0.05, 0) is 37.7 Å². The van der Waals surface area contributed by atoms with Gasteiger partial charge in [0.05, 0.1) is 6.61 Å². The molecule has 0 aliphatic rings. The third-order valence-corrected chi connectivity index (χ3v) is 7.52. The molecule has 0 atom stereocenters. The Kier molecular flexibility index (Phi) is 13.6. The van der Waals surface area contributed by atoms with Gasteiger partial charge in [0.2, 0.25) is 0 Å². The predicted octanol–water partition coefficient (Wildman–Crippen LogP) is 6.44. The van der Waals surface area contributed by atoms with Crippen molar-refractivity contribution in [2.45, 2.75) is 76.9 Å². The van der Waals surface area contributed by atoms with Gasteiger partial charge in [-0.2, -0.15) is 0 Å². The van der Waals surface area contributed by atoms with E-state index in [0.29, 0.717) is 13.2 Å². The predicted molar refractivity (Wildman–Crippen MR) is 114 cm³/mol. The number of hydrogen-bond donors (Lipinski definition) is 0. The van der Waals surface area contributed by atoms with Crippen LogP contribution in [0.2, 0.25) is 19.1 Å². The molecule has 0 aromatic heterocycles. The Balaban J connectivity index is 1.74. The first kappa shape index (κ1) is 23.2. The summed E-state index contributed by atoms with van der Waals surface area (Å²) in [6.45, 7) is 6.79. The van der Waals surface area contributed by atoms with Crippen LogP contribution in [0.15, 0.2) is 30.3 Å². The Morgan fingerprint density at radius 2 is 1.27 bits per heavy atom. The summed E-state index contributed by atoms with van der Waals surface area (Å²) >= 11 is 0. The molecule has 1 aromatic rings. The number of hydrogen-bond acceptors (Lipinski definition) is 3. The van der Waals surface area contributed by atoms with E-state index in [1.165, 1.54) is 63.8 Å². The van der Waals surface area contributed by atoms with Crippen molar-refractivity contribution < 1.29 is 13.9 Å². The Morgan fingerprint density at radius 3 is 1.88 bits per heavy atom. The van der Waals surface area contributed by atoms with Gasteiger partial charge in [0.15, 0.2) is 8.32 Å². The largest absolute Gasteiger partial charge is 0.491 e. The van der Waals surface area contributed by atoms with Gasteiger partial charge in [0, 0.05) is 13.7 Å². The van der Waals surface area contributed by atoms with Crippen LogP contribution in [-0.2, 0) is 9.16 Å². The van der Waals surface area contributed by atoms with Crippen LogP contribution in [-0.4, -0.2) is 35.2 Å². The summed E-state index contributed by atoms with van der Waals surface area (Å²) in [5, 5.41) is 0. The molecular formula is C22H40O3Si. The second kappa shape index (κ2) is 15.2. The molecule has 3 nitrogen and oxygen atoms in total. The third kappa shape index (κ3) is 13.4. The molecule has 0 N–H and O–H groups in total. The fraction of sp³-hybridized carbons (Fsp3) is 0.727. The highest BCUT2D eigenvalue weighted by Crippen LogP contribution is 2.17. The van der Waals surface area contributed by atoms with Crippen molar-refractivity contribution in [3.63, 3.8) is 0 Å². The topological polar surface area (TPSA) is 27.7 Å². The van der Waals surface area contributed by atoms with Crippen molar-refractivity contribution >= 4 is 8.32 Å². The number of para-hydroxylation sites is 1. The van der Waals surface area contributed by atoms with Crippen molar-refractivity contribution in [2.24, 2.45) is 0 Å². The SMILES string of the molecule is CO[Si](C)(C)CCCCCCCCCCCOCCOc1ccccc1. The zero-order valence-corrected chi connectivity index (χ0v) is 18.3. The molecule has 0 spiro atoms. The number of unbranched alkanes of at least 4 members (excludes halogenated alkanes) is 8. The minimum absolute atomic E-state index is 0.633. The van der Waals surface area contributed by atoms with Crippen molar-refractivity contribution in [3.05, 3.63) is 30.3 Å². The quantitative estimate of drug-likeness (QED) is 0.230. The van der Waals surface area contributed by atoms with Crippen molar-refractivity contribution in [1.82, 2.24) is 0 Å². The lowest BCUT2D eigenvalue weighted by Crippen LogP contribution is -2.27. The fourth-order valence-corrected chi connectivity index (χ4v) is 4.24. The van der Waals surface area contributed by atoms with Crippen LogP contribution >= 0.6 is 0 Å². The summed E-state index contributed by atoms with van der Waals surface area (Å²) in [6.07, 6.45) is 12.0. The molecule has 0 aliphatic heterocycles. The highest BCUT2D eigenvalue weighted by Gasteiger charge is 2.18. The molecule has 1 rings (SSSR count). The first-order chi connectivity index (χ1) is 12.6. The maximum absolute atomic E-state index is 5.63. The molecule has 0 saturated carbocycles. The van der Waals surface area contributed by atoms with E-state index in [0.717, 1.165) is 12.4 Å². The van der Waals surface area contributed by atoms with Crippen molar-refractivity contribution in [2.75, 3.05) is 26.9 Å². The highest BCUT2D eigenvalue weighted by molar-refractivity contribution is 6.71. The zero-order chi connectivity index (χ0) is 18.9. The van der Waals surface area contributed by atoms with E-state index in [2.05, 4.69) is 13.1 Å². The monoisotopic (exact) mass is 380 g/mol. The van der Waals surface area contributed by atoms with Crippen LogP contribution in [0.3, 0.4) is 0 Å². The first-order valence-corrected chi connectivity index (χ1v) is 13.6. The minimum atomic E-state index is -1.32. The summed E-state index contributed by atoms with van der Waals surface area (Å²) in [5.74, 6) is 0.917. The molecule has 0 amide bonds. The lowest BCUT2D eigenvalue weighted by Gasteiger charge is -2.19. The van der Waals surface area contributed by atoms with Gasteiger partial charge in [-0.3, -0.25) is 0 Å². The molecule has 0 radical (unpaired) electrons. The van der Waals surface area contributed by atoms with Gasteiger partial charge in [0.1, 0.15) is 12.4 Å². The van der Waals surface area contributed by atoms with Gasteiger partial charge in [-0.1, -0.05) is 69.6 Å². The summed E-state index contributed by atoms with van der Waals surface area (Å²) in [4.78, 5) is 0. The lowest BCUT2D eigenvalue weighted by molar-refractivity contribution is 0.0970. The Morgan fingerprint density at radius 1 is 0.692 bits per heavy atom. The second-order valence-corrected chi connectivity index (χ2v) is 12.1. The summed E-state index contributed by atoms with van der Waals surface area (Å²) in [7, 11) is 0.554. The lowest BCUT2D eigenvalue weighted by atomic mass is 10.1. The Bertz CT molecular complexity index is 423. The maximum atomic E-state index is 5.63. The normalized spacial score (nSPS) is 11.7. The Labute approximate surface area is 162 Å². The average Bonchev–Trinajstić information content (AvgIpc) is 2.65. The molecule has 1 aromatic carbocycles. The smallest absolute Gasteiger partial charge is 0.186 e. The molecule has 0 fully saturated rings. The molecule has 0 saturated heterocycles. The van der Waals surface area contributed by atoms with E-state index in [4.69, 9.17) is 13.9 Å². The van der Waals surface area contributed by atoms with Crippen LogP contribution in [0.4, 0.5) is 0 Å². The molecular weight excluding hydrogens is 340 g/mol. The maximum Gasteiger partial charge on any atom is 0.186 e. The van der Waals surface area contributed by atoms with Crippen LogP contribution in [0.25, 0.3) is 0 Å². The molecule has 0 aliphatic carbocycles. The van der Waals surface area contributed by atoms with E-state index < -0.39 is 8.32 Å². The van der Waals surface area contributed by atoms with E-state index in [1.54, 1.807) is 0 Å². The van der Waals surface area contributed by atoms with Crippen LogP contribution in [0, 0.1) is 0 Å². The van der Waals surface area contributed by atoms with Crippen molar-refractivity contribution in [3.8, 4) is 5.75 Å². The minimum Gasteiger partial charge on any atom is -0.491 e. The standard InChI is InChI=1S/C22H40O3Si/c1-23-26(2,3)21-15-10-8-6-4-5-7-9-14-18-24-19-20-25-22-16-12-11-13-17-22/h11-13,16-17H,4-10,14-15,18-21H2,1-3H3. The van der Waals surface area contributed by atoms with Crippen LogP contribution in [0.1, 0.15) is 57.8 Å². The zero-order valence-electron chi connectivity index (χ0n) is 17.3. The molecule has 26 heavy (non-hydrogen) atoms. The first-order valence-electron chi connectivity index (χ1n) is 10.4. The van der Waals surface area contributed by atoms with Gasteiger partial charge in [-0.15, -0.1) is 0 Å². The molecule has 4 heteroatoms. The second-order valence-electron chi connectivity index (χ2n) is 7.67. The molecule has 150 valence electrons. The van der Waals surface area contributed by atoms with E-state index in [1.807, 2.05) is 37.4 Å². The van der Waals surface area contributed by atoms with Crippen LogP contribution < -0.4 is 4.74 Å². The summed E-state index contributed by atoms with van der Waals surface area (Å²) in [5.41, 5.74) is 0. The van der Waals surface area contributed by atoms with Crippen molar-refractivity contribution in [1.29, 1.82) is 0 Å². The Hall–Kier alpha value is -0.843. The molecule has 0 heterocycles. The molecule has 0 unspecified atom stereocenters. The average molecular weight is 381 g/mol. The van der Waals surface area contributed by atoms with Crippen LogP contribution in [0.5, 0.6) is 5.75 Å². The number of benzene rings is 1. The van der Waals surface area contributed by atoms with E-state index in [9.17, 15) is 0 Å². The van der Waals surface area contributed by atoms with E-state index >= 15 is 0 Å². The molecule has 0 bridgehead atoms.